The first-order valence-electron chi connectivity index (χ1n) is 5.08. The standard InChI is InChI=1S/C11H16N2O2/c1-9(2)7-8-12-10-5-3-4-6-11(10)13(14)15/h3-6,9,12H,7-8H2,1-2H3. The van der Waals surface area contributed by atoms with Crippen LogP contribution in [0.25, 0.3) is 0 Å². The Kier molecular flexibility index (Phi) is 4.09. The summed E-state index contributed by atoms with van der Waals surface area (Å²) < 4.78 is 0. The van der Waals surface area contributed by atoms with Crippen LogP contribution in [-0.2, 0) is 0 Å². The quantitative estimate of drug-likeness (QED) is 0.597. The van der Waals surface area contributed by atoms with Crippen molar-refractivity contribution in [2.24, 2.45) is 5.92 Å². The zero-order chi connectivity index (χ0) is 11.3. The van der Waals surface area contributed by atoms with Gasteiger partial charge in [0.05, 0.1) is 4.92 Å². The minimum Gasteiger partial charge on any atom is -0.379 e. The lowest BCUT2D eigenvalue weighted by Gasteiger charge is -2.08. The first-order valence-corrected chi connectivity index (χ1v) is 5.08. The molecule has 1 rings (SSSR count). The van der Waals surface area contributed by atoms with Crippen LogP contribution in [0.1, 0.15) is 20.3 Å². The van der Waals surface area contributed by atoms with E-state index in [1.807, 2.05) is 0 Å². The summed E-state index contributed by atoms with van der Waals surface area (Å²) in [7, 11) is 0. The highest BCUT2D eigenvalue weighted by Gasteiger charge is 2.11. The average molecular weight is 208 g/mol. The molecule has 0 atom stereocenters. The first-order chi connectivity index (χ1) is 7.11. The number of nitro benzene ring substituents is 1. The SMILES string of the molecule is CC(C)CCNc1ccccc1[N+](=O)[O-]. The molecule has 82 valence electrons. The molecule has 0 aliphatic heterocycles. The Morgan fingerprint density at radius 2 is 2.07 bits per heavy atom. The fraction of sp³-hybridized carbons (Fsp3) is 0.455. The van der Waals surface area contributed by atoms with Crippen molar-refractivity contribution in [2.75, 3.05) is 11.9 Å². The van der Waals surface area contributed by atoms with Crippen molar-refractivity contribution in [3.63, 3.8) is 0 Å². The predicted molar refractivity (Wildman–Crippen MR) is 61.0 cm³/mol. The lowest BCUT2D eigenvalue weighted by molar-refractivity contribution is -0.384. The molecule has 0 aliphatic rings. The molecule has 1 aromatic rings. The van der Waals surface area contributed by atoms with Gasteiger partial charge in [-0.3, -0.25) is 10.1 Å². The van der Waals surface area contributed by atoms with E-state index in [1.54, 1.807) is 18.2 Å². The second-order valence-corrected chi connectivity index (χ2v) is 3.88. The minimum atomic E-state index is -0.363. The monoisotopic (exact) mass is 208 g/mol. The van der Waals surface area contributed by atoms with Crippen LogP contribution in [0.4, 0.5) is 11.4 Å². The zero-order valence-corrected chi connectivity index (χ0v) is 9.06. The summed E-state index contributed by atoms with van der Waals surface area (Å²) >= 11 is 0. The van der Waals surface area contributed by atoms with Crippen LogP contribution in [0, 0.1) is 16.0 Å². The van der Waals surface area contributed by atoms with Crippen molar-refractivity contribution < 1.29 is 4.92 Å². The molecular formula is C11H16N2O2. The molecular weight excluding hydrogens is 192 g/mol. The van der Waals surface area contributed by atoms with Gasteiger partial charge in [0.25, 0.3) is 5.69 Å². The van der Waals surface area contributed by atoms with E-state index in [2.05, 4.69) is 19.2 Å². The summed E-state index contributed by atoms with van der Waals surface area (Å²) in [4.78, 5) is 10.3. The van der Waals surface area contributed by atoms with Crippen LogP contribution < -0.4 is 5.32 Å². The molecule has 0 spiro atoms. The smallest absolute Gasteiger partial charge is 0.292 e. The van der Waals surface area contributed by atoms with Gasteiger partial charge in [0, 0.05) is 12.6 Å². The van der Waals surface area contributed by atoms with Gasteiger partial charge in [0.2, 0.25) is 0 Å². The molecule has 0 saturated heterocycles. The molecule has 1 aromatic carbocycles. The van der Waals surface area contributed by atoms with E-state index in [4.69, 9.17) is 0 Å². The minimum absolute atomic E-state index is 0.140. The van der Waals surface area contributed by atoms with Gasteiger partial charge in [-0.15, -0.1) is 0 Å². The number of benzene rings is 1. The fourth-order valence-corrected chi connectivity index (χ4v) is 1.28. The van der Waals surface area contributed by atoms with Crippen molar-refractivity contribution in [1.29, 1.82) is 0 Å². The Balaban J connectivity index is 2.63. The van der Waals surface area contributed by atoms with Crippen molar-refractivity contribution in [1.82, 2.24) is 0 Å². The molecule has 0 bridgehead atoms. The molecule has 0 saturated carbocycles. The van der Waals surface area contributed by atoms with Gasteiger partial charge in [-0.25, -0.2) is 0 Å². The van der Waals surface area contributed by atoms with Crippen molar-refractivity contribution in [3.05, 3.63) is 34.4 Å². The lowest BCUT2D eigenvalue weighted by Crippen LogP contribution is -2.06. The largest absolute Gasteiger partial charge is 0.379 e. The number of nitro groups is 1. The molecule has 4 nitrogen and oxygen atoms in total. The van der Waals surface area contributed by atoms with Gasteiger partial charge in [0.15, 0.2) is 0 Å². The lowest BCUT2D eigenvalue weighted by atomic mass is 10.1. The van der Waals surface area contributed by atoms with Gasteiger partial charge in [0.1, 0.15) is 5.69 Å². The average Bonchev–Trinajstić information content (AvgIpc) is 2.17. The van der Waals surface area contributed by atoms with Crippen LogP contribution in [-0.4, -0.2) is 11.5 Å². The van der Waals surface area contributed by atoms with Crippen molar-refractivity contribution >= 4 is 11.4 Å². The molecule has 0 unspecified atom stereocenters. The van der Waals surface area contributed by atoms with E-state index in [0.717, 1.165) is 13.0 Å². The number of para-hydroxylation sites is 2. The molecule has 4 heteroatoms. The number of rotatable bonds is 5. The maximum absolute atomic E-state index is 10.7. The summed E-state index contributed by atoms with van der Waals surface area (Å²) in [5.74, 6) is 0.597. The summed E-state index contributed by atoms with van der Waals surface area (Å²) in [6.07, 6.45) is 1.01. The first kappa shape index (κ1) is 11.5. The summed E-state index contributed by atoms with van der Waals surface area (Å²) in [6.45, 7) is 5.02. The van der Waals surface area contributed by atoms with E-state index in [1.165, 1.54) is 6.07 Å². The van der Waals surface area contributed by atoms with Crippen LogP contribution >= 0.6 is 0 Å². The fourth-order valence-electron chi connectivity index (χ4n) is 1.28. The molecule has 0 heterocycles. The van der Waals surface area contributed by atoms with Gasteiger partial charge >= 0.3 is 0 Å². The summed E-state index contributed by atoms with van der Waals surface area (Å²) in [5.41, 5.74) is 0.740. The van der Waals surface area contributed by atoms with Gasteiger partial charge < -0.3 is 5.32 Å². The van der Waals surface area contributed by atoms with E-state index in [9.17, 15) is 10.1 Å². The van der Waals surface area contributed by atoms with Gasteiger partial charge in [-0.2, -0.15) is 0 Å². The topological polar surface area (TPSA) is 55.2 Å². The third kappa shape index (κ3) is 3.58. The van der Waals surface area contributed by atoms with E-state index < -0.39 is 0 Å². The predicted octanol–water partition coefficient (Wildman–Crippen LogP) is 3.05. The molecule has 0 radical (unpaired) electrons. The maximum atomic E-state index is 10.7. The Hall–Kier alpha value is -1.58. The third-order valence-corrected chi connectivity index (χ3v) is 2.14. The molecule has 0 amide bonds. The van der Waals surface area contributed by atoms with Crippen LogP contribution in [0.2, 0.25) is 0 Å². The van der Waals surface area contributed by atoms with Crippen molar-refractivity contribution in [2.45, 2.75) is 20.3 Å². The van der Waals surface area contributed by atoms with Crippen LogP contribution in [0.15, 0.2) is 24.3 Å². The van der Waals surface area contributed by atoms with E-state index in [-0.39, 0.29) is 10.6 Å². The normalized spacial score (nSPS) is 10.3. The Morgan fingerprint density at radius 3 is 2.67 bits per heavy atom. The number of anilines is 1. The Labute approximate surface area is 89.5 Å². The van der Waals surface area contributed by atoms with Gasteiger partial charge in [-0.1, -0.05) is 26.0 Å². The summed E-state index contributed by atoms with van der Waals surface area (Å²) in [5, 5.41) is 13.8. The molecule has 15 heavy (non-hydrogen) atoms. The highest BCUT2D eigenvalue weighted by atomic mass is 16.6. The summed E-state index contributed by atoms with van der Waals surface area (Å²) in [6, 6.07) is 6.71. The highest BCUT2D eigenvalue weighted by Crippen LogP contribution is 2.23. The molecule has 0 aromatic heterocycles. The maximum Gasteiger partial charge on any atom is 0.292 e. The zero-order valence-electron chi connectivity index (χ0n) is 9.06. The molecule has 1 N–H and O–H groups in total. The molecule has 0 fully saturated rings. The van der Waals surface area contributed by atoms with Gasteiger partial charge in [-0.05, 0) is 18.4 Å². The van der Waals surface area contributed by atoms with Crippen molar-refractivity contribution in [3.8, 4) is 0 Å². The van der Waals surface area contributed by atoms with E-state index in [0.29, 0.717) is 11.6 Å². The number of hydrogen-bond donors (Lipinski definition) is 1. The van der Waals surface area contributed by atoms with Crippen LogP contribution in [0.3, 0.4) is 0 Å². The second kappa shape index (κ2) is 5.34. The Bertz CT molecular complexity index is 337. The van der Waals surface area contributed by atoms with Crippen LogP contribution in [0.5, 0.6) is 0 Å². The number of hydrogen-bond acceptors (Lipinski definition) is 3. The highest BCUT2D eigenvalue weighted by molar-refractivity contribution is 5.60. The third-order valence-electron chi connectivity index (χ3n) is 2.14. The number of nitrogens with zero attached hydrogens (tertiary/aromatic N) is 1. The molecule has 0 aliphatic carbocycles. The second-order valence-electron chi connectivity index (χ2n) is 3.88. The van der Waals surface area contributed by atoms with E-state index >= 15 is 0 Å². The Morgan fingerprint density at radius 1 is 1.40 bits per heavy atom. The number of nitrogens with one attached hydrogen (secondary N) is 1.